The summed E-state index contributed by atoms with van der Waals surface area (Å²) in [7, 11) is -2.78. The Bertz CT molecular complexity index is 1290. The van der Waals surface area contributed by atoms with E-state index >= 15 is 0 Å². The molecule has 0 fully saturated rings. The van der Waals surface area contributed by atoms with Gasteiger partial charge in [-0.3, -0.25) is 4.79 Å². The van der Waals surface area contributed by atoms with Gasteiger partial charge in [0.05, 0.1) is 22.7 Å². The number of carbonyl (C=O) groups is 1. The van der Waals surface area contributed by atoms with Crippen LogP contribution in [0.3, 0.4) is 0 Å². The summed E-state index contributed by atoms with van der Waals surface area (Å²) < 4.78 is 38.7. The summed E-state index contributed by atoms with van der Waals surface area (Å²) >= 11 is 6.23. The van der Waals surface area contributed by atoms with Crippen LogP contribution in [-0.2, 0) is 14.8 Å². The zero-order valence-electron chi connectivity index (χ0n) is 19.2. The zero-order chi connectivity index (χ0) is 24.3. The number of halogens is 1. The molecular weight excluding hydrogens is 462 g/mol. The molecule has 3 rings (SSSR count). The highest BCUT2D eigenvalue weighted by Crippen LogP contribution is 2.32. The molecule has 0 atom stereocenters. The lowest BCUT2D eigenvalue weighted by Crippen LogP contribution is -2.40. The van der Waals surface area contributed by atoms with Gasteiger partial charge in [-0.05, 0) is 80.8 Å². The fraction of sp³-hybridized carbons (Fsp3) is 0.240. The van der Waals surface area contributed by atoms with Crippen molar-refractivity contribution < 1.29 is 22.7 Å². The predicted molar refractivity (Wildman–Crippen MR) is 130 cm³/mol. The van der Waals surface area contributed by atoms with Crippen LogP contribution in [0.2, 0.25) is 5.02 Å². The van der Waals surface area contributed by atoms with Crippen molar-refractivity contribution in [2.75, 3.05) is 18.0 Å². The number of ether oxygens (including phenoxy) is 2. The minimum absolute atomic E-state index is 0.0176. The van der Waals surface area contributed by atoms with Crippen LogP contribution in [0.15, 0.2) is 59.5 Å². The Morgan fingerprint density at radius 3 is 2.18 bits per heavy atom. The minimum Gasteiger partial charge on any atom is -0.495 e. The maximum absolute atomic E-state index is 13.5. The standard InChI is InChI=1S/C25H26ClNO5S/c1-16-6-9-21(10-7-16)33(29,30)27(20-8-11-23(31-5)22(26)14-20)25(28)15-32-24-13-17(2)12-18(3)19(24)4/h6-14H,15H2,1-5H3. The summed E-state index contributed by atoms with van der Waals surface area (Å²) in [6, 6.07) is 14.5. The number of rotatable bonds is 7. The predicted octanol–water partition coefficient (Wildman–Crippen LogP) is 5.38. The van der Waals surface area contributed by atoms with Crippen LogP contribution in [-0.4, -0.2) is 28.0 Å². The maximum Gasteiger partial charge on any atom is 0.278 e. The second kappa shape index (κ2) is 9.85. The summed E-state index contributed by atoms with van der Waals surface area (Å²) in [5.41, 5.74) is 3.86. The number of amides is 1. The van der Waals surface area contributed by atoms with E-state index in [-0.39, 0.29) is 15.6 Å². The molecule has 0 saturated heterocycles. The fourth-order valence-electron chi connectivity index (χ4n) is 3.36. The number of anilines is 1. The molecule has 0 unspecified atom stereocenters. The average molecular weight is 488 g/mol. The highest BCUT2D eigenvalue weighted by atomic mass is 35.5. The maximum atomic E-state index is 13.5. The van der Waals surface area contributed by atoms with Gasteiger partial charge < -0.3 is 9.47 Å². The Balaban J connectivity index is 2.02. The minimum atomic E-state index is -4.23. The van der Waals surface area contributed by atoms with E-state index in [1.165, 1.54) is 37.4 Å². The van der Waals surface area contributed by atoms with Crippen LogP contribution in [0.5, 0.6) is 11.5 Å². The lowest BCUT2D eigenvalue weighted by molar-refractivity contribution is -0.119. The normalized spacial score (nSPS) is 11.2. The molecule has 0 aromatic heterocycles. The molecule has 0 aliphatic carbocycles. The molecule has 0 aliphatic rings. The number of carbonyl (C=O) groups excluding carboxylic acids is 1. The summed E-state index contributed by atoms with van der Waals surface area (Å²) in [5, 5.41) is 0.179. The van der Waals surface area contributed by atoms with Gasteiger partial charge in [0.25, 0.3) is 15.9 Å². The van der Waals surface area contributed by atoms with Crippen molar-refractivity contribution in [3.05, 3.63) is 81.9 Å². The first-order valence-corrected chi connectivity index (χ1v) is 12.1. The first-order valence-electron chi connectivity index (χ1n) is 10.2. The highest BCUT2D eigenvalue weighted by Gasteiger charge is 2.32. The summed E-state index contributed by atoms with van der Waals surface area (Å²) in [4.78, 5) is 13.3. The molecule has 0 heterocycles. The van der Waals surface area contributed by atoms with Crippen LogP contribution in [0.1, 0.15) is 22.3 Å². The average Bonchev–Trinajstić information content (AvgIpc) is 2.75. The number of hydrogen-bond acceptors (Lipinski definition) is 5. The largest absolute Gasteiger partial charge is 0.495 e. The SMILES string of the molecule is COc1ccc(N(C(=O)COc2cc(C)cc(C)c2C)S(=O)(=O)c2ccc(C)cc2)cc1Cl. The van der Waals surface area contributed by atoms with E-state index in [4.69, 9.17) is 21.1 Å². The van der Waals surface area contributed by atoms with Crippen molar-refractivity contribution in [1.82, 2.24) is 0 Å². The molecule has 0 bridgehead atoms. The van der Waals surface area contributed by atoms with Crippen LogP contribution in [0.4, 0.5) is 5.69 Å². The Hall–Kier alpha value is -3.03. The quantitative estimate of drug-likeness (QED) is 0.447. The third-order valence-corrected chi connectivity index (χ3v) is 7.33. The van der Waals surface area contributed by atoms with E-state index in [1.807, 2.05) is 39.8 Å². The molecule has 3 aromatic carbocycles. The van der Waals surface area contributed by atoms with Gasteiger partial charge in [-0.1, -0.05) is 35.4 Å². The smallest absolute Gasteiger partial charge is 0.278 e. The van der Waals surface area contributed by atoms with E-state index in [0.29, 0.717) is 11.5 Å². The van der Waals surface area contributed by atoms with E-state index in [9.17, 15) is 13.2 Å². The van der Waals surface area contributed by atoms with Gasteiger partial charge in [0.1, 0.15) is 11.5 Å². The summed E-state index contributed by atoms with van der Waals surface area (Å²) in [5.74, 6) is 0.138. The molecule has 33 heavy (non-hydrogen) atoms. The molecule has 6 nitrogen and oxygen atoms in total. The van der Waals surface area contributed by atoms with Gasteiger partial charge in [-0.2, -0.15) is 4.31 Å². The highest BCUT2D eigenvalue weighted by molar-refractivity contribution is 7.93. The van der Waals surface area contributed by atoms with Gasteiger partial charge in [0.15, 0.2) is 6.61 Å². The molecule has 0 N–H and O–H groups in total. The molecular formula is C25H26ClNO5S. The number of nitrogens with zero attached hydrogens (tertiary/aromatic N) is 1. The number of methoxy groups -OCH3 is 1. The lowest BCUT2D eigenvalue weighted by atomic mass is 10.1. The van der Waals surface area contributed by atoms with Crippen LogP contribution < -0.4 is 13.8 Å². The molecule has 0 radical (unpaired) electrons. The van der Waals surface area contributed by atoms with Crippen molar-refractivity contribution in [2.45, 2.75) is 32.6 Å². The molecule has 8 heteroatoms. The first kappa shape index (κ1) is 24.6. The number of hydrogen-bond donors (Lipinski definition) is 0. The molecule has 0 aliphatic heterocycles. The second-order valence-corrected chi connectivity index (χ2v) is 9.98. The fourth-order valence-corrected chi connectivity index (χ4v) is 5.02. The number of sulfonamides is 1. The third-order valence-electron chi connectivity index (χ3n) is 5.27. The van der Waals surface area contributed by atoms with Gasteiger partial charge in [0, 0.05) is 0 Å². The van der Waals surface area contributed by atoms with E-state index in [1.54, 1.807) is 12.1 Å². The van der Waals surface area contributed by atoms with Crippen molar-refractivity contribution in [1.29, 1.82) is 0 Å². The van der Waals surface area contributed by atoms with Crippen molar-refractivity contribution in [2.24, 2.45) is 0 Å². The summed E-state index contributed by atoms with van der Waals surface area (Å²) in [6.45, 7) is 7.14. The van der Waals surface area contributed by atoms with E-state index < -0.39 is 22.5 Å². The van der Waals surface area contributed by atoms with Crippen molar-refractivity contribution in [3.8, 4) is 11.5 Å². The molecule has 3 aromatic rings. The lowest BCUT2D eigenvalue weighted by Gasteiger charge is -2.24. The monoisotopic (exact) mass is 487 g/mol. The molecule has 1 amide bonds. The van der Waals surface area contributed by atoms with Gasteiger partial charge in [-0.15, -0.1) is 0 Å². The molecule has 0 spiro atoms. The Morgan fingerprint density at radius 2 is 1.58 bits per heavy atom. The number of aryl methyl sites for hydroxylation is 3. The van der Waals surface area contributed by atoms with E-state index in [2.05, 4.69) is 0 Å². The topological polar surface area (TPSA) is 72.9 Å². The third kappa shape index (κ3) is 5.31. The second-order valence-electron chi connectivity index (χ2n) is 7.79. The zero-order valence-corrected chi connectivity index (χ0v) is 20.8. The van der Waals surface area contributed by atoms with Crippen molar-refractivity contribution in [3.63, 3.8) is 0 Å². The first-order chi connectivity index (χ1) is 15.5. The molecule has 174 valence electrons. The van der Waals surface area contributed by atoms with Gasteiger partial charge in [-0.25, -0.2) is 8.42 Å². The Kier molecular flexibility index (Phi) is 7.34. The van der Waals surface area contributed by atoms with Crippen LogP contribution in [0.25, 0.3) is 0 Å². The van der Waals surface area contributed by atoms with Crippen molar-refractivity contribution >= 4 is 33.2 Å². The summed E-state index contributed by atoms with van der Waals surface area (Å²) in [6.07, 6.45) is 0. The number of benzene rings is 3. The Morgan fingerprint density at radius 1 is 0.909 bits per heavy atom. The van der Waals surface area contributed by atoms with Crippen LogP contribution >= 0.6 is 11.6 Å². The Labute approximate surface area is 199 Å². The molecule has 0 saturated carbocycles. The van der Waals surface area contributed by atoms with Gasteiger partial charge >= 0.3 is 0 Å². The van der Waals surface area contributed by atoms with Crippen LogP contribution in [0, 0.1) is 27.7 Å². The van der Waals surface area contributed by atoms with Gasteiger partial charge in [0.2, 0.25) is 0 Å². The van der Waals surface area contributed by atoms with E-state index in [0.717, 1.165) is 26.6 Å².